The van der Waals surface area contributed by atoms with Gasteiger partial charge in [0.2, 0.25) is 5.91 Å². The van der Waals surface area contributed by atoms with Gasteiger partial charge < -0.3 is 24.6 Å². The number of aliphatic hydroxyl groups excluding tert-OH is 1. The summed E-state index contributed by atoms with van der Waals surface area (Å²) in [5, 5.41) is 12.0. The van der Waals surface area contributed by atoms with Gasteiger partial charge in [-0.15, -0.1) is 0 Å². The van der Waals surface area contributed by atoms with Crippen molar-refractivity contribution in [3.8, 4) is 11.5 Å². The van der Waals surface area contributed by atoms with Gasteiger partial charge in [0, 0.05) is 10.9 Å². The van der Waals surface area contributed by atoms with Crippen LogP contribution in [0.5, 0.6) is 11.5 Å². The molecule has 8 nitrogen and oxygen atoms in total. The third kappa shape index (κ3) is 6.39. The van der Waals surface area contributed by atoms with Crippen LogP contribution < -0.4 is 14.8 Å². The normalized spacial score (nSPS) is 15.5. The molecular formula is C24H29BrN2O6. The summed E-state index contributed by atoms with van der Waals surface area (Å²) in [4.78, 5) is 27.9. The van der Waals surface area contributed by atoms with Crippen LogP contribution in [0.15, 0.2) is 40.9 Å². The summed E-state index contributed by atoms with van der Waals surface area (Å²) in [6, 6.07) is 10.00. The van der Waals surface area contributed by atoms with Crippen LogP contribution >= 0.6 is 15.9 Å². The molecule has 2 aromatic rings. The van der Waals surface area contributed by atoms with E-state index in [0.29, 0.717) is 23.6 Å². The molecule has 0 bridgehead atoms. The van der Waals surface area contributed by atoms with Gasteiger partial charge in [-0.25, -0.2) is 4.79 Å². The maximum absolute atomic E-state index is 13.4. The maximum Gasteiger partial charge on any atom is 0.411 e. The average Bonchev–Trinajstić information content (AvgIpc) is 2.76. The monoisotopic (exact) mass is 520 g/mol. The summed E-state index contributed by atoms with van der Waals surface area (Å²) < 4.78 is 17.2. The van der Waals surface area contributed by atoms with Crippen molar-refractivity contribution in [1.29, 1.82) is 0 Å². The minimum absolute atomic E-state index is 0.0833. The molecule has 1 atom stereocenters. The van der Waals surface area contributed by atoms with Gasteiger partial charge in [0.05, 0.1) is 25.9 Å². The first-order valence-electron chi connectivity index (χ1n) is 10.6. The van der Waals surface area contributed by atoms with Crippen LogP contribution in [0.1, 0.15) is 31.9 Å². The quantitative estimate of drug-likeness (QED) is 0.594. The first-order chi connectivity index (χ1) is 15.6. The summed E-state index contributed by atoms with van der Waals surface area (Å²) in [5.74, 6) is 0.727. The van der Waals surface area contributed by atoms with E-state index in [2.05, 4.69) is 21.2 Å². The molecule has 178 valence electrons. The fourth-order valence-electron chi connectivity index (χ4n) is 3.52. The highest BCUT2D eigenvalue weighted by molar-refractivity contribution is 9.10. The predicted molar refractivity (Wildman–Crippen MR) is 128 cm³/mol. The number of aliphatic hydroxyl groups is 1. The number of hydrogen-bond acceptors (Lipinski definition) is 6. The molecule has 0 spiro atoms. The highest BCUT2D eigenvalue weighted by Gasteiger charge is 2.37. The molecule has 2 aromatic carbocycles. The second kappa shape index (κ2) is 10.4. The molecule has 2 amide bonds. The van der Waals surface area contributed by atoms with Gasteiger partial charge in [-0.1, -0.05) is 22.0 Å². The molecule has 1 aliphatic rings. The highest BCUT2D eigenvalue weighted by atomic mass is 79.9. The Hall–Kier alpha value is -2.78. The Labute approximate surface area is 201 Å². The lowest BCUT2D eigenvalue weighted by atomic mass is 9.93. The number of nitrogens with one attached hydrogen (secondary N) is 1. The molecule has 0 unspecified atom stereocenters. The molecule has 3 rings (SSSR count). The van der Waals surface area contributed by atoms with Crippen molar-refractivity contribution < 1.29 is 28.9 Å². The predicted octanol–water partition coefficient (Wildman–Crippen LogP) is 4.13. The highest BCUT2D eigenvalue weighted by Crippen LogP contribution is 2.32. The minimum atomic E-state index is -0.797. The third-order valence-corrected chi connectivity index (χ3v) is 5.52. The SMILES string of the molecule is COc1ccc2c(c1)C[C@H](C(=O)Nc1ccc(Br)cc1OCCO)N(C(=O)OC(C)(C)C)C2. The Kier molecular flexibility index (Phi) is 7.86. The topological polar surface area (TPSA) is 97.3 Å². The number of nitrogens with zero attached hydrogens (tertiary/aromatic N) is 1. The van der Waals surface area contributed by atoms with Gasteiger partial charge in [-0.05, 0) is 62.2 Å². The second-order valence-electron chi connectivity index (χ2n) is 8.66. The van der Waals surface area contributed by atoms with E-state index >= 15 is 0 Å². The van der Waals surface area contributed by atoms with E-state index in [9.17, 15) is 9.59 Å². The number of amides is 2. The molecule has 33 heavy (non-hydrogen) atoms. The summed E-state index contributed by atoms with van der Waals surface area (Å²) in [7, 11) is 1.59. The maximum atomic E-state index is 13.4. The van der Waals surface area contributed by atoms with Gasteiger partial charge in [0.25, 0.3) is 0 Å². The van der Waals surface area contributed by atoms with Crippen molar-refractivity contribution >= 4 is 33.6 Å². The molecule has 0 aliphatic carbocycles. The number of ether oxygens (including phenoxy) is 3. The number of anilines is 1. The lowest BCUT2D eigenvalue weighted by molar-refractivity contribution is -0.121. The van der Waals surface area contributed by atoms with Gasteiger partial charge in [0.15, 0.2) is 0 Å². The van der Waals surface area contributed by atoms with Crippen molar-refractivity contribution in [2.45, 2.75) is 45.4 Å². The van der Waals surface area contributed by atoms with Crippen molar-refractivity contribution in [3.05, 3.63) is 52.0 Å². The van der Waals surface area contributed by atoms with Crippen molar-refractivity contribution in [2.75, 3.05) is 25.6 Å². The smallest absolute Gasteiger partial charge is 0.411 e. The third-order valence-electron chi connectivity index (χ3n) is 5.02. The summed E-state index contributed by atoms with van der Waals surface area (Å²) in [6.07, 6.45) is -0.252. The zero-order valence-corrected chi connectivity index (χ0v) is 20.8. The van der Waals surface area contributed by atoms with Crippen molar-refractivity contribution in [1.82, 2.24) is 4.90 Å². The van der Waals surface area contributed by atoms with E-state index in [1.54, 1.807) is 46.1 Å². The number of halogens is 1. The van der Waals surface area contributed by atoms with Crippen LogP contribution in [0.3, 0.4) is 0 Å². The number of rotatable bonds is 6. The van der Waals surface area contributed by atoms with Crippen LogP contribution in [0, 0.1) is 0 Å². The van der Waals surface area contributed by atoms with E-state index in [-0.39, 0.29) is 25.7 Å². The van der Waals surface area contributed by atoms with Crippen LogP contribution in [0.25, 0.3) is 0 Å². The van der Waals surface area contributed by atoms with Gasteiger partial charge in [0.1, 0.15) is 29.7 Å². The summed E-state index contributed by atoms with van der Waals surface area (Å²) >= 11 is 3.38. The number of carbonyl (C=O) groups is 2. The number of fused-ring (bicyclic) bond motifs is 1. The molecule has 1 aliphatic heterocycles. The van der Waals surface area contributed by atoms with Crippen LogP contribution in [0.2, 0.25) is 0 Å². The molecule has 1 heterocycles. The zero-order valence-electron chi connectivity index (χ0n) is 19.2. The standard InChI is InChI=1S/C24H29BrN2O6/c1-24(2,3)33-23(30)27-14-15-5-7-18(31-4)11-16(15)12-20(27)22(29)26-19-8-6-17(25)13-21(19)32-10-9-28/h5-8,11,13,20,28H,9-10,12,14H2,1-4H3,(H,26,29)/t20-/m1/s1. The number of hydrogen-bond donors (Lipinski definition) is 2. The fourth-order valence-corrected chi connectivity index (χ4v) is 3.86. The Morgan fingerprint density at radius 3 is 2.61 bits per heavy atom. The first-order valence-corrected chi connectivity index (χ1v) is 11.4. The largest absolute Gasteiger partial charge is 0.497 e. The molecular weight excluding hydrogens is 492 g/mol. The van der Waals surface area contributed by atoms with E-state index in [1.807, 2.05) is 18.2 Å². The van der Waals surface area contributed by atoms with Gasteiger partial charge in [-0.3, -0.25) is 9.69 Å². The Morgan fingerprint density at radius 1 is 1.18 bits per heavy atom. The average molecular weight is 521 g/mol. The molecule has 0 aromatic heterocycles. The molecule has 9 heteroatoms. The van der Waals surface area contributed by atoms with E-state index < -0.39 is 17.7 Å². The lowest BCUT2D eigenvalue weighted by Crippen LogP contribution is -2.52. The second-order valence-corrected chi connectivity index (χ2v) is 9.58. The molecule has 0 fully saturated rings. The lowest BCUT2D eigenvalue weighted by Gasteiger charge is -2.37. The minimum Gasteiger partial charge on any atom is -0.497 e. The van der Waals surface area contributed by atoms with Gasteiger partial charge >= 0.3 is 6.09 Å². The fraction of sp³-hybridized carbons (Fsp3) is 0.417. The Bertz CT molecular complexity index is 1020. The molecule has 2 N–H and O–H groups in total. The summed E-state index contributed by atoms with van der Waals surface area (Å²) in [5.41, 5.74) is 1.61. The van der Waals surface area contributed by atoms with Crippen molar-refractivity contribution in [2.24, 2.45) is 0 Å². The van der Waals surface area contributed by atoms with Crippen LogP contribution in [-0.4, -0.2) is 54.0 Å². The van der Waals surface area contributed by atoms with Crippen molar-refractivity contribution in [3.63, 3.8) is 0 Å². The van der Waals surface area contributed by atoms with E-state index in [1.165, 1.54) is 4.90 Å². The Morgan fingerprint density at radius 2 is 1.94 bits per heavy atom. The molecule has 0 radical (unpaired) electrons. The number of carbonyl (C=O) groups excluding carboxylic acids is 2. The van der Waals surface area contributed by atoms with E-state index in [4.69, 9.17) is 19.3 Å². The number of benzene rings is 2. The van der Waals surface area contributed by atoms with Crippen LogP contribution in [0.4, 0.5) is 10.5 Å². The number of methoxy groups -OCH3 is 1. The first kappa shape index (κ1) is 24.9. The van der Waals surface area contributed by atoms with Gasteiger partial charge in [-0.2, -0.15) is 0 Å². The van der Waals surface area contributed by atoms with Crippen LogP contribution in [-0.2, 0) is 22.5 Å². The summed E-state index contributed by atoms with van der Waals surface area (Å²) in [6.45, 7) is 5.52. The molecule has 0 saturated heterocycles. The zero-order chi connectivity index (χ0) is 24.2. The Balaban J connectivity index is 1.91. The van der Waals surface area contributed by atoms with E-state index in [0.717, 1.165) is 15.6 Å². The molecule has 0 saturated carbocycles.